The maximum absolute atomic E-state index is 13.0. The lowest BCUT2D eigenvalue weighted by molar-refractivity contribution is -0.120. The molecular formula is C36H42N6O10. The molecule has 52 heavy (non-hydrogen) atoms. The summed E-state index contributed by atoms with van der Waals surface area (Å²) in [7, 11) is 1.69. The summed E-state index contributed by atoms with van der Waals surface area (Å²) in [5.41, 5.74) is -0.523. The Morgan fingerprint density at radius 3 is 2.19 bits per heavy atom. The summed E-state index contributed by atoms with van der Waals surface area (Å²) in [6.07, 6.45) is 2.05. The number of anilines is 1. The molecular weight excluding hydrogens is 676 g/mol. The molecule has 16 nitrogen and oxygen atoms in total. The van der Waals surface area contributed by atoms with E-state index in [4.69, 9.17) is 9.15 Å². The van der Waals surface area contributed by atoms with Crippen molar-refractivity contribution in [1.82, 2.24) is 24.7 Å². The van der Waals surface area contributed by atoms with Gasteiger partial charge >= 0.3 is 5.69 Å². The molecule has 3 aromatic carbocycles. The quantitative estimate of drug-likeness (QED) is 0.131. The molecule has 0 radical (unpaired) electrons. The second-order valence-corrected chi connectivity index (χ2v) is 12.4. The van der Waals surface area contributed by atoms with Gasteiger partial charge in [-0.15, -0.1) is 0 Å². The first-order chi connectivity index (χ1) is 24.9. The van der Waals surface area contributed by atoms with Crippen LogP contribution in [0.4, 0.5) is 5.69 Å². The van der Waals surface area contributed by atoms with Crippen LogP contribution in [0, 0.1) is 0 Å². The number of hydrogen-bond acceptors (Lipinski definition) is 13. The van der Waals surface area contributed by atoms with Gasteiger partial charge in [0.25, 0.3) is 0 Å². The lowest BCUT2D eigenvalue weighted by atomic mass is 9.85. The number of hydrogen-bond donors (Lipinski definition) is 5. The topological polar surface area (TPSA) is 217 Å². The molecule has 3 heterocycles. The maximum atomic E-state index is 13.0. The fourth-order valence-electron chi connectivity index (χ4n) is 6.33. The Morgan fingerprint density at radius 1 is 0.885 bits per heavy atom. The number of likely N-dealkylation sites (tertiary alicyclic amines) is 1. The van der Waals surface area contributed by atoms with Crippen molar-refractivity contribution in [3.8, 4) is 40.1 Å². The molecule has 2 aromatic heterocycles. The molecule has 0 atom stereocenters. The highest BCUT2D eigenvalue weighted by Crippen LogP contribution is 2.38. The summed E-state index contributed by atoms with van der Waals surface area (Å²) in [4.78, 5) is 41.5. The van der Waals surface area contributed by atoms with Gasteiger partial charge in [-0.2, -0.15) is 9.36 Å². The highest BCUT2D eigenvalue weighted by Gasteiger charge is 2.43. The lowest BCUT2D eigenvalue weighted by Crippen LogP contribution is -2.60. The molecule has 0 saturated carbocycles. The second-order valence-electron chi connectivity index (χ2n) is 12.4. The molecule has 1 amide bonds. The van der Waals surface area contributed by atoms with Gasteiger partial charge in [-0.1, -0.05) is 25.1 Å². The Morgan fingerprint density at radius 2 is 1.58 bits per heavy atom. The van der Waals surface area contributed by atoms with E-state index in [1.165, 1.54) is 15.4 Å². The van der Waals surface area contributed by atoms with E-state index in [0.29, 0.717) is 26.1 Å². The number of para-hydroxylation sites is 1. The van der Waals surface area contributed by atoms with Crippen molar-refractivity contribution in [2.45, 2.75) is 51.7 Å². The Bertz CT molecular complexity index is 2140. The molecule has 276 valence electrons. The van der Waals surface area contributed by atoms with Crippen LogP contribution in [-0.4, -0.2) is 95.0 Å². The number of aromatic nitrogens is 4. The van der Waals surface area contributed by atoms with Gasteiger partial charge in [-0.25, -0.2) is 4.79 Å². The van der Waals surface area contributed by atoms with E-state index in [1.54, 1.807) is 7.11 Å². The van der Waals surface area contributed by atoms with E-state index >= 15 is 0 Å². The van der Waals surface area contributed by atoms with Crippen LogP contribution in [0.2, 0.25) is 0 Å². The molecule has 0 unspecified atom stereocenters. The number of carbonyl (C=O) groups excluding carboxylic acids is 1. The normalized spacial score (nSPS) is 14.1. The van der Waals surface area contributed by atoms with E-state index < -0.39 is 22.7 Å². The zero-order valence-corrected chi connectivity index (χ0v) is 29.1. The number of aryl methyl sites for hydroxylation is 1. The van der Waals surface area contributed by atoms with Gasteiger partial charge in [0.2, 0.25) is 17.1 Å². The van der Waals surface area contributed by atoms with E-state index in [0.717, 1.165) is 62.4 Å². The predicted molar refractivity (Wildman–Crippen MR) is 191 cm³/mol. The average molecular weight is 719 g/mol. The van der Waals surface area contributed by atoms with Gasteiger partial charge in [0, 0.05) is 63.1 Å². The number of phenolic OH excluding ortho intramolecular Hbond substituents is 4. The number of benzene rings is 3. The summed E-state index contributed by atoms with van der Waals surface area (Å²) in [6.45, 7) is 7.64. The third-order valence-electron chi connectivity index (χ3n) is 9.04. The van der Waals surface area contributed by atoms with Crippen molar-refractivity contribution in [2.75, 3.05) is 38.3 Å². The van der Waals surface area contributed by atoms with E-state index in [9.17, 15) is 39.9 Å². The van der Waals surface area contributed by atoms with Crippen LogP contribution in [0.15, 0.2) is 74.7 Å². The molecule has 1 aliphatic rings. The molecule has 16 heteroatoms. The summed E-state index contributed by atoms with van der Waals surface area (Å²) in [5, 5.41) is 55.5. The third kappa shape index (κ3) is 7.72. The van der Waals surface area contributed by atoms with Crippen LogP contribution in [0.5, 0.6) is 28.7 Å². The Hall–Kier alpha value is -5.87. The number of tetrazole rings is 1. The van der Waals surface area contributed by atoms with Gasteiger partial charge in [0.1, 0.15) is 22.5 Å². The molecule has 5 aromatic rings. The van der Waals surface area contributed by atoms with Crippen LogP contribution >= 0.6 is 0 Å². The average Bonchev–Trinajstić information content (AvgIpc) is 3.50. The number of nitrogens with zero attached hydrogens (tertiary/aromatic N) is 6. The minimum Gasteiger partial charge on any atom is -0.508 e. The van der Waals surface area contributed by atoms with Crippen LogP contribution < -0.4 is 16.0 Å². The number of piperidine rings is 1. The first-order valence-corrected chi connectivity index (χ1v) is 16.8. The summed E-state index contributed by atoms with van der Waals surface area (Å²) >= 11 is 0. The molecule has 5 N–H and O–H groups in total. The third-order valence-corrected chi connectivity index (χ3v) is 9.04. The number of rotatable bonds is 10. The van der Waals surface area contributed by atoms with E-state index in [1.807, 2.05) is 49.1 Å². The number of phenols is 4. The van der Waals surface area contributed by atoms with Crippen LogP contribution in [-0.2, 0) is 22.6 Å². The van der Waals surface area contributed by atoms with Crippen molar-refractivity contribution < 1.29 is 39.5 Å². The number of fused-ring (bicyclic) bond motifs is 1. The van der Waals surface area contributed by atoms with Crippen molar-refractivity contribution in [3.63, 3.8) is 0 Å². The number of aromatic hydroxyl groups is 5. The Labute approximate surface area is 297 Å². The highest BCUT2D eigenvalue weighted by molar-refractivity contribution is 5.94. The molecule has 6 rings (SSSR count). The molecule has 0 spiro atoms. The first-order valence-electron chi connectivity index (χ1n) is 16.8. The monoisotopic (exact) mass is 718 g/mol. The Balaban J connectivity index is 0.000000210. The van der Waals surface area contributed by atoms with Gasteiger partial charge in [-0.05, 0) is 60.5 Å². The summed E-state index contributed by atoms with van der Waals surface area (Å²) in [5.74, 6) is -2.61. The molecule has 1 fully saturated rings. The van der Waals surface area contributed by atoms with Crippen molar-refractivity contribution >= 4 is 22.6 Å². The van der Waals surface area contributed by atoms with Gasteiger partial charge in [0.15, 0.2) is 17.3 Å². The number of methoxy groups -OCH3 is 1. The molecule has 0 aliphatic carbocycles. The predicted octanol–water partition coefficient (Wildman–Crippen LogP) is 3.37. The lowest BCUT2D eigenvalue weighted by Gasteiger charge is -2.48. The summed E-state index contributed by atoms with van der Waals surface area (Å²) in [6, 6.07) is 15.5. The molecule has 1 aliphatic heterocycles. The van der Waals surface area contributed by atoms with Crippen LogP contribution in [0.25, 0.3) is 22.3 Å². The van der Waals surface area contributed by atoms with Crippen molar-refractivity contribution in [3.05, 3.63) is 81.4 Å². The maximum Gasteiger partial charge on any atom is 0.363 e. The van der Waals surface area contributed by atoms with Crippen LogP contribution in [0.3, 0.4) is 0 Å². The minimum absolute atomic E-state index is 0.106. The Kier molecular flexibility index (Phi) is 11.5. The number of carbonyl (C=O) groups is 1. The number of ether oxygens (including phenoxy) is 1. The highest BCUT2D eigenvalue weighted by atomic mass is 16.5. The first kappa shape index (κ1) is 37.4. The summed E-state index contributed by atoms with van der Waals surface area (Å²) < 4.78 is 13.7. The fraction of sp³-hybridized carbons (Fsp3) is 0.361. The van der Waals surface area contributed by atoms with Crippen molar-refractivity contribution in [1.29, 1.82) is 0 Å². The largest absolute Gasteiger partial charge is 0.508 e. The fourth-order valence-corrected chi connectivity index (χ4v) is 6.33. The second kappa shape index (κ2) is 16.0. The molecule has 1 saturated heterocycles. The SMILES string of the molecule is CCC(=O)N(c1ccccc1)C1(COC)CCN(CCn2nnn(CC)c2=O)CC1.O=c1c(O)c(-c2ccc(O)c(O)c2)oc2cc(O)cc(O)c12. The standard InChI is InChI=1S/C21H32N6O3.C15H10O7/c1-4-19(28)27(18-9-7-6-8-10-18)21(17-30-3)11-13-24(14-12-21)15-16-26-20(29)25(5-2)22-23-26;16-7-4-10(19)12-11(5-7)22-15(14(21)13(12)20)6-1-2-8(17)9(18)3-6/h6-10H,4-5,11-17H2,1-3H3;1-5,16-19,21H. The zero-order valence-electron chi connectivity index (χ0n) is 29.1. The van der Waals surface area contributed by atoms with Gasteiger partial charge in [0.05, 0.1) is 18.7 Å². The van der Waals surface area contributed by atoms with E-state index in [2.05, 4.69) is 15.3 Å². The molecule has 0 bridgehead atoms. The van der Waals surface area contributed by atoms with Crippen LogP contribution in [0.1, 0.15) is 33.1 Å². The minimum atomic E-state index is -0.888. The van der Waals surface area contributed by atoms with Crippen molar-refractivity contribution in [2.24, 2.45) is 0 Å². The zero-order chi connectivity index (χ0) is 37.6. The number of amides is 1. The van der Waals surface area contributed by atoms with Gasteiger partial charge in [-0.3, -0.25) is 9.59 Å². The van der Waals surface area contributed by atoms with E-state index in [-0.39, 0.29) is 50.9 Å². The smallest absolute Gasteiger partial charge is 0.363 e. The van der Waals surface area contributed by atoms with Gasteiger partial charge < -0.3 is 44.5 Å².